The summed E-state index contributed by atoms with van der Waals surface area (Å²) >= 11 is 6.21. The first-order valence-corrected chi connectivity index (χ1v) is 10.1. The maximum absolute atomic E-state index is 13.0. The molecule has 150 valence electrons. The summed E-state index contributed by atoms with van der Waals surface area (Å²) in [7, 11) is 0. The lowest BCUT2D eigenvalue weighted by molar-refractivity contribution is -0.140. The van der Waals surface area contributed by atoms with Crippen molar-refractivity contribution in [1.82, 2.24) is 10.2 Å². The number of halogens is 1. The molecule has 0 saturated heterocycles. The van der Waals surface area contributed by atoms with Crippen LogP contribution in [0.4, 0.5) is 0 Å². The van der Waals surface area contributed by atoms with Crippen LogP contribution in [0.3, 0.4) is 0 Å². The van der Waals surface area contributed by atoms with Crippen LogP contribution >= 0.6 is 11.6 Å². The molecule has 0 unspecified atom stereocenters. The van der Waals surface area contributed by atoms with Crippen molar-refractivity contribution in [3.63, 3.8) is 0 Å². The van der Waals surface area contributed by atoms with Gasteiger partial charge in [0.25, 0.3) is 0 Å². The van der Waals surface area contributed by atoms with Crippen molar-refractivity contribution in [2.24, 2.45) is 0 Å². The molecule has 2 rings (SSSR count). The summed E-state index contributed by atoms with van der Waals surface area (Å²) in [6, 6.07) is 17.0. The molecule has 2 amide bonds. The van der Waals surface area contributed by atoms with E-state index in [-0.39, 0.29) is 17.9 Å². The van der Waals surface area contributed by atoms with Crippen LogP contribution in [0.15, 0.2) is 54.6 Å². The van der Waals surface area contributed by atoms with E-state index in [9.17, 15) is 9.59 Å². The molecule has 2 aromatic rings. The number of rotatable bonds is 9. The van der Waals surface area contributed by atoms with Crippen LogP contribution in [0.25, 0.3) is 0 Å². The van der Waals surface area contributed by atoms with E-state index in [0.717, 1.165) is 11.1 Å². The van der Waals surface area contributed by atoms with Gasteiger partial charge in [-0.05, 0) is 50.8 Å². The van der Waals surface area contributed by atoms with Crippen LogP contribution in [0.5, 0.6) is 0 Å². The summed E-state index contributed by atoms with van der Waals surface area (Å²) in [5.74, 6) is -0.170. The van der Waals surface area contributed by atoms with E-state index in [2.05, 4.69) is 5.32 Å². The van der Waals surface area contributed by atoms with Crippen molar-refractivity contribution in [2.45, 2.75) is 52.1 Å². The summed E-state index contributed by atoms with van der Waals surface area (Å²) in [6.45, 7) is 6.12. The van der Waals surface area contributed by atoms with Gasteiger partial charge in [-0.15, -0.1) is 0 Å². The number of benzene rings is 2. The van der Waals surface area contributed by atoms with Crippen molar-refractivity contribution >= 4 is 23.4 Å². The minimum absolute atomic E-state index is 0.0316. The molecular formula is C23H29ClN2O2. The number of aryl methyl sites for hydroxylation is 1. The third-order valence-corrected chi connectivity index (χ3v) is 5.02. The van der Waals surface area contributed by atoms with Gasteiger partial charge in [0, 0.05) is 24.0 Å². The predicted octanol–water partition coefficient (Wildman–Crippen LogP) is 4.26. The van der Waals surface area contributed by atoms with E-state index in [1.807, 2.05) is 68.4 Å². The van der Waals surface area contributed by atoms with Gasteiger partial charge in [-0.3, -0.25) is 9.59 Å². The van der Waals surface area contributed by atoms with Crippen molar-refractivity contribution < 1.29 is 9.59 Å². The molecule has 0 aromatic heterocycles. The molecule has 28 heavy (non-hydrogen) atoms. The van der Waals surface area contributed by atoms with Crippen LogP contribution < -0.4 is 5.32 Å². The second kappa shape index (κ2) is 10.9. The maximum Gasteiger partial charge on any atom is 0.242 e. The van der Waals surface area contributed by atoms with Gasteiger partial charge in [0.05, 0.1) is 0 Å². The molecular weight excluding hydrogens is 372 g/mol. The Bertz CT molecular complexity index is 777. The Morgan fingerprint density at radius 2 is 1.61 bits per heavy atom. The van der Waals surface area contributed by atoms with Gasteiger partial charge >= 0.3 is 0 Å². The van der Waals surface area contributed by atoms with Gasteiger partial charge in [0.15, 0.2) is 0 Å². The SMILES string of the molecule is CC(C)NC(=O)[C@@H](C)N(CCc1ccccc1)C(=O)CCc1ccccc1Cl. The molecule has 0 aliphatic carbocycles. The number of carbonyl (C=O) groups excluding carboxylic acids is 2. The third kappa shape index (κ3) is 6.68. The average Bonchev–Trinajstić information content (AvgIpc) is 2.67. The Balaban J connectivity index is 2.07. The highest BCUT2D eigenvalue weighted by Gasteiger charge is 2.25. The minimum Gasteiger partial charge on any atom is -0.352 e. The van der Waals surface area contributed by atoms with Crippen LogP contribution in [-0.2, 0) is 22.4 Å². The predicted molar refractivity (Wildman–Crippen MR) is 114 cm³/mol. The lowest BCUT2D eigenvalue weighted by Gasteiger charge is -2.29. The number of amides is 2. The highest BCUT2D eigenvalue weighted by molar-refractivity contribution is 6.31. The molecule has 0 aliphatic rings. The smallest absolute Gasteiger partial charge is 0.242 e. The largest absolute Gasteiger partial charge is 0.352 e. The van der Waals surface area contributed by atoms with Crippen LogP contribution in [0.2, 0.25) is 5.02 Å². The van der Waals surface area contributed by atoms with Crippen LogP contribution in [0.1, 0.15) is 38.3 Å². The molecule has 5 heteroatoms. The standard InChI is InChI=1S/C23H29ClN2O2/c1-17(2)25-23(28)18(3)26(16-15-19-9-5-4-6-10-19)22(27)14-13-20-11-7-8-12-21(20)24/h4-12,17-18H,13-16H2,1-3H3,(H,25,28)/t18-/m1/s1. The minimum atomic E-state index is -0.523. The molecule has 1 N–H and O–H groups in total. The normalized spacial score (nSPS) is 11.9. The monoisotopic (exact) mass is 400 g/mol. The summed E-state index contributed by atoms with van der Waals surface area (Å²) in [5.41, 5.74) is 2.09. The molecule has 0 bridgehead atoms. The van der Waals surface area contributed by atoms with E-state index in [1.54, 1.807) is 11.8 Å². The Morgan fingerprint density at radius 3 is 2.25 bits per heavy atom. The molecule has 0 fully saturated rings. The van der Waals surface area contributed by atoms with Crippen molar-refractivity contribution in [3.05, 3.63) is 70.7 Å². The van der Waals surface area contributed by atoms with Crippen LogP contribution in [0, 0.1) is 0 Å². The number of hydrogen-bond acceptors (Lipinski definition) is 2. The summed E-state index contributed by atoms with van der Waals surface area (Å²) < 4.78 is 0. The third-order valence-electron chi connectivity index (χ3n) is 4.65. The number of hydrogen-bond donors (Lipinski definition) is 1. The Labute approximate surface area is 172 Å². The van der Waals surface area contributed by atoms with Gasteiger partial charge < -0.3 is 10.2 Å². The summed E-state index contributed by atoms with van der Waals surface area (Å²) in [6.07, 6.45) is 1.58. The fraction of sp³-hybridized carbons (Fsp3) is 0.391. The molecule has 1 atom stereocenters. The van der Waals surface area contributed by atoms with Gasteiger partial charge in [-0.1, -0.05) is 60.1 Å². The zero-order valence-corrected chi connectivity index (χ0v) is 17.6. The summed E-state index contributed by atoms with van der Waals surface area (Å²) in [4.78, 5) is 27.2. The molecule has 0 saturated carbocycles. The zero-order chi connectivity index (χ0) is 20.5. The molecule has 0 spiro atoms. The number of nitrogens with one attached hydrogen (secondary N) is 1. The second-order valence-corrected chi connectivity index (χ2v) is 7.66. The van der Waals surface area contributed by atoms with Gasteiger partial charge in [0.1, 0.15) is 6.04 Å². The lowest BCUT2D eigenvalue weighted by atomic mass is 10.1. The first-order valence-electron chi connectivity index (χ1n) is 9.75. The van der Waals surface area contributed by atoms with Crippen molar-refractivity contribution in [1.29, 1.82) is 0 Å². The fourth-order valence-electron chi connectivity index (χ4n) is 3.06. The van der Waals surface area contributed by atoms with Gasteiger partial charge in [-0.25, -0.2) is 0 Å². The van der Waals surface area contributed by atoms with Gasteiger partial charge in [0.2, 0.25) is 11.8 Å². The summed E-state index contributed by atoms with van der Waals surface area (Å²) in [5, 5.41) is 3.57. The van der Waals surface area contributed by atoms with E-state index in [0.29, 0.717) is 30.8 Å². The highest BCUT2D eigenvalue weighted by atomic mass is 35.5. The zero-order valence-electron chi connectivity index (χ0n) is 16.8. The van der Waals surface area contributed by atoms with Crippen molar-refractivity contribution in [3.8, 4) is 0 Å². The molecule has 0 heterocycles. The van der Waals surface area contributed by atoms with Gasteiger partial charge in [-0.2, -0.15) is 0 Å². The Kier molecular flexibility index (Phi) is 8.52. The second-order valence-electron chi connectivity index (χ2n) is 7.25. The van der Waals surface area contributed by atoms with Crippen molar-refractivity contribution in [2.75, 3.05) is 6.54 Å². The quantitative estimate of drug-likeness (QED) is 0.683. The molecule has 0 aliphatic heterocycles. The number of nitrogens with zero attached hydrogens (tertiary/aromatic N) is 1. The molecule has 2 aromatic carbocycles. The number of carbonyl (C=O) groups is 2. The Morgan fingerprint density at radius 1 is 0.964 bits per heavy atom. The average molecular weight is 401 g/mol. The van der Waals surface area contributed by atoms with E-state index in [1.165, 1.54) is 0 Å². The Hall–Kier alpha value is -2.33. The first-order chi connectivity index (χ1) is 13.4. The van der Waals surface area contributed by atoms with E-state index in [4.69, 9.17) is 11.6 Å². The lowest BCUT2D eigenvalue weighted by Crippen LogP contribution is -2.50. The maximum atomic E-state index is 13.0. The van der Waals surface area contributed by atoms with Crippen LogP contribution in [-0.4, -0.2) is 35.3 Å². The molecule has 4 nitrogen and oxygen atoms in total. The highest BCUT2D eigenvalue weighted by Crippen LogP contribution is 2.17. The first kappa shape index (κ1) is 22.0. The fourth-order valence-corrected chi connectivity index (χ4v) is 3.29. The topological polar surface area (TPSA) is 49.4 Å². The molecule has 0 radical (unpaired) electrons. The van der Waals surface area contributed by atoms with E-state index < -0.39 is 6.04 Å². The van der Waals surface area contributed by atoms with E-state index >= 15 is 0 Å².